The highest BCUT2D eigenvalue weighted by Gasteiger charge is 2.38. The summed E-state index contributed by atoms with van der Waals surface area (Å²) in [7, 11) is -2.14. The zero-order chi connectivity index (χ0) is 29.8. The first kappa shape index (κ1) is 27.3. The predicted molar refractivity (Wildman–Crippen MR) is 157 cm³/mol. The molecule has 0 saturated carbocycles. The fraction of sp³-hybridized carbons (Fsp3) is 0.152. The molecule has 0 spiro atoms. The molecule has 5 aromatic rings. The van der Waals surface area contributed by atoms with Gasteiger partial charge in [-0.15, -0.1) is 0 Å². The number of esters is 2. The summed E-state index contributed by atoms with van der Waals surface area (Å²) in [6.45, 7) is 4.05. The van der Waals surface area contributed by atoms with Gasteiger partial charge in [0.05, 0.1) is 25.3 Å². The number of benzene rings is 5. The molecule has 0 bridgehead atoms. The largest absolute Gasteiger partial charge is 0.465 e. The quantitative estimate of drug-likeness (QED) is 0.165. The van der Waals surface area contributed by atoms with Crippen LogP contribution in [0, 0.1) is 0 Å². The molecule has 1 aliphatic heterocycles. The summed E-state index contributed by atoms with van der Waals surface area (Å²) >= 11 is 0. The molecule has 42 heavy (non-hydrogen) atoms. The molecule has 6 rings (SSSR count). The van der Waals surface area contributed by atoms with Crippen molar-refractivity contribution in [2.45, 2.75) is 24.2 Å². The predicted octanol–water partition coefficient (Wildman–Crippen LogP) is 6.77. The van der Waals surface area contributed by atoms with Crippen LogP contribution in [-0.4, -0.2) is 34.6 Å². The molecule has 212 valence electrons. The normalized spacial score (nSPS) is 13.5. The van der Waals surface area contributed by atoms with Crippen LogP contribution in [-0.2, 0) is 25.0 Å². The molecule has 0 N–H and O–H groups in total. The molecule has 1 heterocycles. The van der Waals surface area contributed by atoms with Crippen LogP contribution in [0.5, 0.6) is 17.2 Å². The molecule has 0 unspecified atom stereocenters. The molecule has 0 fully saturated rings. The highest BCUT2D eigenvalue weighted by atomic mass is 32.2. The molecule has 0 saturated heterocycles. The van der Waals surface area contributed by atoms with E-state index in [1.807, 2.05) is 62.4 Å². The zero-order valence-corrected chi connectivity index (χ0v) is 24.1. The van der Waals surface area contributed by atoms with E-state index in [0.29, 0.717) is 22.1 Å². The summed E-state index contributed by atoms with van der Waals surface area (Å²) in [6.07, 6.45) is 0. The third-order valence-electron chi connectivity index (χ3n) is 7.61. The average Bonchev–Trinajstić information content (AvgIpc) is 2.99. The van der Waals surface area contributed by atoms with Crippen molar-refractivity contribution < 1.29 is 36.4 Å². The van der Waals surface area contributed by atoms with Crippen LogP contribution in [0.1, 0.15) is 45.7 Å². The maximum Gasteiger partial charge on any atom is 0.339 e. The second-order valence-electron chi connectivity index (χ2n) is 10.5. The van der Waals surface area contributed by atoms with Crippen LogP contribution in [0.3, 0.4) is 0 Å². The summed E-state index contributed by atoms with van der Waals surface area (Å²) in [6, 6.07) is 24.3. The highest BCUT2D eigenvalue weighted by Crippen LogP contribution is 2.53. The number of hydrogen-bond donors (Lipinski definition) is 0. The number of hydrogen-bond acceptors (Lipinski definition) is 8. The van der Waals surface area contributed by atoms with Crippen molar-refractivity contribution in [1.29, 1.82) is 0 Å². The molecule has 0 atom stereocenters. The Kier molecular flexibility index (Phi) is 6.42. The van der Waals surface area contributed by atoms with Gasteiger partial charge in [-0.1, -0.05) is 74.5 Å². The van der Waals surface area contributed by atoms with Crippen LogP contribution in [0.4, 0.5) is 0 Å². The maximum atomic E-state index is 13.9. The fourth-order valence-corrected chi connectivity index (χ4v) is 6.63. The Labute approximate surface area is 242 Å². The van der Waals surface area contributed by atoms with Gasteiger partial charge in [0.1, 0.15) is 22.1 Å². The highest BCUT2D eigenvalue weighted by molar-refractivity contribution is 7.87. The minimum atomic E-state index is -4.49. The van der Waals surface area contributed by atoms with Crippen molar-refractivity contribution in [3.8, 4) is 17.2 Å². The van der Waals surface area contributed by atoms with Crippen molar-refractivity contribution in [1.82, 2.24) is 0 Å². The van der Waals surface area contributed by atoms with Crippen LogP contribution in [0.2, 0.25) is 0 Å². The van der Waals surface area contributed by atoms with Gasteiger partial charge < -0.3 is 18.4 Å². The van der Waals surface area contributed by atoms with E-state index in [2.05, 4.69) is 0 Å². The van der Waals surface area contributed by atoms with E-state index in [0.717, 1.165) is 22.1 Å². The van der Waals surface area contributed by atoms with E-state index in [1.54, 1.807) is 18.2 Å². The van der Waals surface area contributed by atoms with Crippen LogP contribution < -0.4 is 8.92 Å². The maximum absolute atomic E-state index is 13.9. The van der Waals surface area contributed by atoms with Gasteiger partial charge >= 0.3 is 22.1 Å². The first-order chi connectivity index (χ1) is 20.0. The number of ether oxygens (including phenoxy) is 3. The Balaban J connectivity index is 1.53. The van der Waals surface area contributed by atoms with Crippen molar-refractivity contribution in [3.05, 3.63) is 107 Å². The Morgan fingerprint density at radius 2 is 1.26 bits per heavy atom. The molecular formula is C33H26O8S. The SMILES string of the molecule is COC(=O)c1cc(OS(=O)(=O)c2cc3c(c4ccccc24)Oc2c(ccc4ccccc24)C3(C)C)cc(C(=O)OC)c1. The zero-order valence-electron chi connectivity index (χ0n) is 23.3. The van der Waals surface area contributed by atoms with Crippen molar-refractivity contribution in [3.63, 3.8) is 0 Å². The first-order valence-corrected chi connectivity index (χ1v) is 14.5. The average molecular weight is 583 g/mol. The molecule has 5 aromatic carbocycles. The molecule has 0 radical (unpaired) electrons. The molecule has 9 heteroatoms. The van der Waals surface area contributed by atoms with Gasteiger partial charge in [-0.25, -0.2) is 9.59 Å². The molecule has 0 aliphatic carbocycles. The van der Waals surface area contributed by atoms with Crippen LogP contribution in [0.15, 0.2) is 89.8 Å². The first-order valence-electron chi connectivity index (χ1n) is 13.1. The van der Waals surface area contributed by atoms with Gasteiger partial charge in [-0.2, -0.15) is 8.42 Å². The fourth-order valence-electron chi connectivity index (χ4n) is 5.48. The third kappa shape index (κ3) is 4.33. The number of carbonyl (C=O) groups is 2. The summed E-state index contributed by atoms with van der Waals surface area (Å²) in [5.41, 5.74) is 0.814. The van der Waals surface area contributed by atoms with E-state index in [-0.39, 0.29) is 21.8 Å². The minimum absolute atomic E-state index is 0.0701. The molecule has 0 aromatic heterocycles. The van der Waals surface area contributed by atoms with E-state index in [4.69, 9.17) is 18.4 Å². The van der Waals surface area contributed by atoms with E-state index in [9.17, 15) is 18.0 Å². The van der Waals surface area contributed by atoms with Crippen molar-refractivity contribution >= 4 is 43.6 Å². The van der Waals surface area contributed by atoms with Crippen LogP contribution >= 0.6 is 0 Å². The van der Waals surface area contributed by atoms with E-state index in [1.165, 1.54) is 32.4 Å². The van der Waals surface area contributed by atoms with E-state index >= 15 is 0 Å². The Hall–Kier alpha value is -4.89. The summed E-state index contributed by atoms with van der Waals surface area (Å²) in [4.78, 5) is 24.4. The smallest absolute Gasteiger partial charge is 0.339 e. The Bertz CT molecular complexity index is 2010. The molecule has 0 amide bonds. The van der Waals surface area contributed by atoms with Gasteiger partial charge in [-0.05, 0) is 29.7 Å². The van der Waals surface area contributed by atoms with Crippen molar-refractivity contribution in [2.24, 2.45) is 0 Å². The Morgan fingerprint density at radius 1 is 0.690 bits per heavy atom. The van der Waals surface area contributed by atoms with Crippen LogP contribution in [0.25, 0.3) is 21.5 Å². The molecule has 8 nitrogen and oxygen atoms in total. The lowest BCUT2D eigenvalue weighted by Crippen LogP contribution is -2.25. The summed E-state index contributed by atoms with van der Waals surface area (Å²) < 4.78 is 49.6. The minimum Gasteiger partial charge on any atom is -0.465 e. The lowest BCUT2D eigenvalue weighted by atomic mass is 9.74. The molecular weight excluding hydrogens is 556 g/mol. The van der Waals surface area contributed by atoms with Crippen molar-refractivity contribution in [2.75, 3.05) is 14.2 Å². The standard InChI is InChI=1S/C33H26O8S/c1-33(2)26-14-13-19-9-5-6-10-23(19)29(26)40-30-25-12-8-7-11-24(25)28(18-27(30)33)42(36,37)41-22-16-20(31(34)38-3)15-21(17-22)32(35)39-4/h5-18H,1-4H3. The summed E-state index contributed by atoms with van der Waals surface area (Å²) in [5, 5.41) is 2.99. The second kappa shape index (κ2) is 9.88. The number of methoxy groups -OCH3 is 2. The number of carbonyl (C=O) groups excluding carboxylic acids is 2. The van der Waals surface area contributed by atoms with Gasteiger partial charge in [0.2, 0.25) is 0 Å². The summed E-state index contributed by atoms with van der Waals surface area (Å²) in [5.74, 6) is -0.483. The van der Waals surface area contributed by atoms with Gasteiger partial charge in [0.25, 0.3) is 0 Å². The lowest BCUT2D eigenvalue weighted by molar-refractivity contribution is 0.0598. The number of fused-ring (bicyclic) bond motifs is 6. The lowest BCUT2D eigenvalue weighted by Gasteiger charge is -2.36. The third-order valence-corrected chi connectivity index (χ3v) is 8.90. The topological polar surface area (TPSA) is 105 Å². The van der Waals surface area contributed by atoms with E-state index < -0.39 is 27.5 Å². The Morgan fingerprint density at radius 3 is 1.90 bits per heavy atom. The van der Waals surface area contributed by atoms with Gasteiger partial charge in [-0.3, -0.25) is 0 Å². The number of rotatable bonds is 5. The van der Waals surface area contributed by atoms with Gasteiger partial charge in [0, 0.05) is 32.7 Å². The monoisotopic (exact) mass is 582 g/mol. The second-order valence-corrected chi connectivity index (χ2v) is 12.0. The molecule has 1 aliphatic rings. The van der Waals surface area contributed by atoms with Gasteiger partial charge in [0.15, 0.2) is 0 Å².